The average molecular weight is 467 g/mol. The van der Waals surface area contributed by atoms with Crippen molar-refractivity contribution in [1.29, 1.82) is 0 Å². The molecule has 0 aliphatic heterocycles. The van der Waals surface area contributed by atoms with E-state index in [9.17, 15) is 8.42 Å². The fourth-order valence-electron chi connectivity index (χ4n) is 4.01. The molecule has 1 aromatic carbocycles. The SMILES string of the molecule is CCCCCCCCCCCCS(=O)(=O)c1cc(N(CCCC)CCCC)ccc1N=[NH2+]. The van der Waals surface area contributed by atoms with Crippen LogP contribution in [0.25, 0.3) is 0 Å². The van der Waals surface area contributed by atoms with E-state index in [-0.39, 0.29) is 10.6 Å². The van der Waals surface area contributed by atoms with E-state index in [1.54, 1.807) is 12.1 Å². The molecule has 0 aromatic heterocycles. The Labute approximate surface area is 197 Å². The third kappa shape index (κ3) is 10.9. The summed E-state index contributed by atoms with van der Waals surface area (Å²) in [7, 11) is -3.41. The molecule has 0 radical (unpaired) electrons. The van der Waals surface area contributed by atoms with Crippen molar-refractivity contribution < 1.29 is 13.9 Å². The third-order valence-corrected chi connectivity index (χ3v) is 7.94. The number of benzene rings is 1. The Kier molecular flexibility index (Phi) is 15.3. The molecule has 32 heavy (non-hydrogen) atoms. The third-order valence-electron chi connectivity index (χ3n) is 6.11. The lowest BCUT2D eigenvalue weighted by Crippen LogP contribution is -2.26. The Hall–Kier alpha value is -1.43. The first-order valence-electron chi connectivity index (χ1n) is 13.0. The van der Waals surface area contributed by atoms with Crippen LogP contribution in [0.3, 0.4) is 0 Å². The van der Waals surface area contributed by atoms with Gasteiger partial charge in [-0.3, -0.25) is 0 Å². The van der Waals surface area contributed by atoms with Crippen molar-refractivity contribution in [2.24, 2.45) is 5.11 Å². The largest absolute Gasteiger partial charge is 0.372 e. The first-order chi connectivity index (χ1) is 15.5. The van der Waals surface area contributed by atoms with Crippen LogP contribution < -0.4 is 10.4 Å². The average Bonchev–Trinajstić information content (AvgIpc) is 2.80. The van der Waals surface area contributed by atoms with E-state index >= 15 is 0 Å². The van der Waals surface area contributed by atoms with Gasteiger partial charge in [-0.1, -0.05) is 91.4 Å². The number of rotatable bonds is 20. The first kappa shape index (κ1) is 28.6. The molecule has 184 valence electrons. The highest BCUT2D eigenvalue weighted by Crippen LogP contribution is 2.30. The molecular formula is C26H48N3O2S+. The van der Waals surface area contributed by atoms with Gasteiger partial charge in [-0.05, 0) is 42.6 Å². The number of anilines is 1. The van der Waals surface area contributed by atoms with Gasteiger partial charge in [0.2, 0.25) is 0 Å². The van der Waals surface area contributed by atoms with E-state index in [0.717, 1.165) is 57.3 Å². The first-order valence-corrected chi connectivity index (χ1v) is 14.7. The van der Waals surface area contributed by atoms with Gasteiger partial charge in [-0.2, -0.15) is 5.53 Å². The van der Waals surface area contributed by atoms with Crippen LogP contribution in [-0.2, 0) is 9.84 Å². The minimum Gasteiger partial charge on any atom is -0.372 e. The number of hydrogen-bond acceptors (Lipinski definition) is 4. The molecule has 0 spiro atoms. The van der Waals surface area contributed by atoms with E-state index in [0.29, 0.717) is 12.1 Å². The van der Waals surface area contributed by atoms with Gasteiger partial charge in [0.15, 0.2) is 9.84 Å². The van der Waals surface area contributed by atoms with Crippen LogP contribution in [0.15, 0.2) is 28.2 Å². The molecule has 0 bridgehead atoms. The Morgan fingerprint density at radius 2 is 1.25 bits per heavy atom. The second kappa shape index (κ2) is 17.1. The summed E-state index contributed by atoms with van der Waals surface area (Å²) in [5.74, 6) is 0.166. The lowest BCUT2D eigenvalue weighted by atomic mass is 10.1. The van der Waals surface area contributed by atoms with Crippen LogP contribution in [-0.4, -0.2) is 27.3 Å². The quantitative estimate of drug-likeness (QED) is 0.173. The highest BCUT2D eigenvalue weighted by atomic mass is 32.2. The molecular weight excluding hydrogens is 418 g/mol. The smallest absolute Gasteiger partial charge is 0.180 e. The number of sulfone groups is 1. The highest BCUT2D eigenvalue weighted by molar-refractivity contribution is 7.91. The Morgan fingerprint density at radius 3 is 1.75 bits per heavy atom. The van der Waals surface area contributed by atoms with Crippen molar-refractivity contribution in [3.8, 4) is 0 Å². The van der Waals surface area contributed by atoms with Gasteiger partial charge in [0.1, 0.15) is 10.6 Å². The maximum absolute atomic E-state index is 13.1. The summed E-state index contributed by atoms with van der Waals surface area (Å²) in [6, 6.07) is 5.50. The zero-order chi connectivity index (χ0) is 23.7. The second-order valence-corrected chi connectivity index (χ2v) is 11.1. The summed E-state index contributed by atoms with van der Waals surface area (Å²) in [6.45, 7) is 8.47. The number of hydrogen-bond donors (Lipinski definition) is 1. The summed E-state index contributed by atoms with van der Waals surface area (Å²) >= 11 is 0. The maximum Gasteiger partial charge on any atom is 0.180 e. The number of nitrogens with two attached hydrogens (primary N) is 1. The molecule has 0 atom stereocenters. The topological polar surface area (TPSA) is 75.3 Å². The Balaban J connectivity index is 2.67. The second-order valence-electron chi connectivity index (χ2n) is 8.98. The lowest BCUT2D eigenvalue weighted by Gasteiger charge is -2.25. The molecule has 2 N–H and O–H groups in total. The molecule has 0 heterocycles. The van der Waals surface area contributed by atoms with Crippen molar-refractivity contribution in [2.45, 2.75) is 116 Å². The van der Waals surface area contributed by atoms with E-state index in [1.165, 1.54) is 44.9 Å². The highest BCUT2D eigenvalue weighted by Gasteiger charge is 2.21. The van der Waals surface area contributed by atoms with Crippen molar-refractivity contribution >= 4 is 21.2 Å². The normalized spacial score (nSPS) is 11.6. The summed E-state index contributed by atoms with van der Waals surface area (Å²) in [5.41, 5.74) is 6.86. The molecule has 0 saturated carbocycles. The van der Waals surface area contributed by atoms with Gasteiger partial charge in [0.05, 0.1) is 5.75 Å². The summed E-state index contributed by atoms with van der Waals surface area (Å²) < 4.78 is 26.2. The minimum atomic E-state index is -3.41. The monoisotopic (exact) mass is 466 g/mol. The number of unbranched alkanes of at least 4 members (excludes halogenated alkanes) is 11. The minimum absolute atomic E-state index is 0.166. The maximum atomic E-state index is 13.1. The van der Waals surface area contributed by atoms with Crippen molar-refractivity contribution in [3.63, 3.8) is 0 Å². The van der Waals surface area contributed by atoms with Crippen LogP contribution in [0.2, 0.25) is 0 Å². The van der Waals surface area contributed by atoms with Gasteiger partial charge in [0, 0.05) is 18.8 Å². The van der Waals surface area contributed by atoms with Crippen LogP contribution in [0.4, 0.5) is 11.4 Å². The van der Waals surface area contributed by atoms with Gasteiger partial charge in [-0.25, -0.2) is 8.42 Å². The van der Waals surface area contributed by atoms with Crippen molar-refractivity contribution in [1.82, 2.24) is 0 Å². The molecule has 1 aromatic rings. The van der Waals surface area contributed by atoms with E-state index < -0.39 is 9.84 Å². The zero-order valence-corrected chi connectivity index (χ0v) is 21.8. The molecule has 0 saturated heterocycles. The van der Waals surface area contributed by atoms with E-state index in [4.69, 9.17) is 5.53 Å². The van der Waals surface area contributed by atoms with Crippen molar-refractivity contribution in [3.05, 3.63) is 18.2 Å². The van der Waals surface area contributed by atoms with Crippen LogP contribution in [0.5, 0.6) is 0 Å². The van der Waals surface area contributed by atoms with Gasteiger partial charge in [0.25, 0.3) is 0 Å². The van der Waals surface area contributed by atoms with E-state index in [2.05, 4.69) is 30.8 Å². The van der Waals surface area contributed by atoms with Crippen LogP contribution in [0, 0.1) is 0 Å². The summed E-state index contributed by atoms with van der Waals surface area (Å²) in [4.78, 5) is 2.58. The Morgan fingerprint density at radius 1 is 0.750 bits per heavy atom. The molecule has 6 heteroatoms. The molecule has 0 aliphatic carbocycles. The number of nitrogens with zero attached hydrogens (tertiary/aromatic N) is 2. The van der Waals surface area contributed by atoms with Crippen LogP contribution >= 0.6 is 0 Å². The van der Waals surface area contributed by atoms with Gasteiger partial charge >= 0.3 is 0 Å². The predicted molar refractivity (Wildman–Crippen MR) is 136 cm³/mol. The van der Waals surface area contributed by atoms with Crippen LogP contribution in [0.1, 0.15) is 111 Å². The predicted octanol–water partition coefficient (Wildman–Crippen LogP) is 6.63. The van der Waals surface area contributed by atoms with Gasteiger partial charge in [-0.15, -0.1) is 0 Å². The lowest BCUT2D eigenvalue weighted by molar-refractivity contribution is -0.210. The molecule has 0 fully saturated rings. The fourth-order valence-corrected chi connectivity index (χ4v) is 5.56. The molecule has 5 nitrogen and oxygen atoms in total. The molecule has 0 amide bonds. The fraction of sp³-hybridized carbons (Fsp3) is 0.769. The summed E-state index contributed by atoms with van der Waals surface area (Å²) in [5, 5.41) is 3.76. The molecule has 0 unspecified atom stereocenters. The zero-order valence-electron chi connectivity index (χ0n) is 20.9. The molecule has 1 rings (SSSR count). The van der Waals surface area contributed by atoms with Gasteiger partial charge < -0.3 is 4.90 Å². The standard InChI is InChI=1S/C26H47N3O2S/c1-4-7-10-11-12-13-14-15-16-17-22-32(30,31)26-23-24(18-19-25(26)28-27)29(20-8-5-2)21-9-6-3/h18-19,23,27H,4-17,20-22H2,1-3H3/p+1. The van der Waals surface area contributed by atoms with Crippen molar-refractivity contribution in [2.75, 3.05) is 23.7 Å². The molecule has 0 aliphatic rings. The van der Waals surface area contributed by atoms with E-state index in [1.807, 2.05) is 6.07 Å². The summed E-state index contributed by atoms with van der Waals surface area (Å²) in [6.07, 6.45) is 16.2. The Bertz CT molecular complexity index is 727.